The highest BCUT2D eigenvalue weighted by Crippen LogP contribution is 2.35. The number of hydrogen-bond acceptors (Lipinski definition) is 4. The number of halogens is 3. The zero-order chi connectivity index (χ0) is 27.7. The van der Waals surface area contributed by atoms with Crippen molar-refractivity contribution in [2.45, 2.75) is 25.4 Å². The van der Waals surface area contributed by atoms with Gasteiger partial charge in [-0.15, -0.1) is 0 Å². The number of amides is 1. The fourth-order valence-corrected chi connectivity index (χ4v) is 5.44. The first kappa shape index (κ1) is 27.1. The van der Waals surface area contributed by atoms with Gasteiger partial charge in [0.2, 0.25) is 0 Å². The Hall–Kier alpha value is -3.52. The predicted molar refractivity (Wildman–Crippen MR) is 154 cm³/mol. The van der Waals surface area contributed by atoms with E-state index in [0.717, 1.165) is 28.2 Å². The maximum Gasteiger partial charge on any atom is 0.305 e. The minimum Gasteiger partial charge on any atom is -0.481 e. The maximum atomic E-state index is 12.4. The Bertz CT molecular complexity index is 1500. The molecule has 3 aromatic rings. The van der Waals surface area contributed by atoms with E-state index in [2.05, 4.69) is 22.8 Å². The van der Waals surface area contributed by atoms with E-state index in [9.17, 15) is 9.59 Å². The molecule has 0 spiro atoms. The molecule has 2 unspecified atom stereocenters. The van der Waals surface area contributed by atoms with Gasteiger partial charge in [-0.3, -0.25) is 14.3 Å². The lowest BCUT2D eigenvalue weighted by molar-refractivity contribution is -0.136. The van der Waals surface area contributed by atoms with Gasteiger partial charge >= 0.3 is 5.97 Å². The van der Waals surface area contributed by atoms with Gasteiger partial charge < -0.3 is 15.7 Å². The molecular formula is C29H25Cl3N4O3. The van der Waals surface area contributed by atoms with Crippen LogP contribution in [0.5, 0.6) is 0 Å². The van der Waals surface area contributed by atoms with Gasteiger partial charge in [0.25, 0.3) is 5.91 Å². The van der Waals surface area contributed by atoms with Gasteiger partial charge in [-0.1, -0.05) is 53.0 Å². The van der Waals surface area contributed by atoms with Crippen molar-refractivity contribution in [2.24, 2.45) is 5.92 Å². The lowest BCUT2D eigenvalue weighted by Gasteiger charge is -2.19. The zero-order valence-corrected chi connectivity index (χ0v) is 23.1. The van der Waals surface area contributed by atoms with Crippen LogP contribution in [0.2, 0.25) is 10.0 Å². The second-order valence-electron chi connectivity index (χ2n) is 9.45. The van der Waals surface area contributed by atoms with Crippen LogP contribution in [0.1, 0.15) is 41.0 Å². The zero-order valence-electron chi connectivity index (χ0n) is 20.9. The average molecular weight is 584 g/mol. The number of carboxylic acids is 1. The molecule has 0 bridgehead atoms. The van der Waals surface area contributed by atoms with E-state index in [1.54, 1.807) is 18.2 Å². The van der Waals surface area contributed by atoms with E-state index in [1.807, 2.05) is 54.1 Å². The normalized spacial score (nSPS) is 18.6. The number of carbonyl (C=O) groups is 2. The third kappa shape index (κ3) is 6.06. The topological polar surface area (TPSA) is 96.3 Å². The first-order valence-corrected chi connectivity index (χ1v) is 13.5. The van der Waals surface area contributed by atoms with Gasteiger partial charge in [-0.2, -0.15) is 5.10 Å². The van der Waals surface area contributed by atoms with Crippen molar-refractivity contribution in [3.05, 3.63) is 105 Å². The number of fused-ring (bicyclic) bond motifs is 1. The van der Waals surface area contributed by atoms with Crippen LogP contribution in [0, 0.1) is 5.92 Å². The molecule has 10 heteroatoms. The van der Waals surface area contributed by atoms with Crippen LogP contribution in [0.15, 0.2) is 77.9 Å². The average Bonchev–Trinajstić information content (AvgIpc) is 3.52. The first-order chi connectivity index (χ1) is 18.7. The molecule has 1 aliphatic carbocycles. The summed E-state index contributed by atoms with van der Waals surface area (Å²) in [4.78, 5) is 23.1. The van der Waals surface area contributed by atoms with Crippen LogP contribution in [0.3, 0.4) is 0 Å². The van der Waals surface area contributed by atoms with E-state index < -0.39 is 5.97 Å². The highest BCUT2D eigenvalue weighted by atomic mass is 35.5. The van der Waals surface area contributed by atoms with Crippen molar-refractivity contribution in [3.63, 3.8) is 0 Å². The van der Waals surface area contributed by atoms with Gasteiger partial charge in [0.1, 0.15) is 0 Å². The number of nitrogens with one attached hydrogen (secondary N) is 2. The van der Waals surface area contributed by atoms with Crippen LogP contribution in [-0.2, 0) is 4.79 Å². The van der Waals surface area contributed by atoms with Crippen molar-refractivity contribution < 1.29 is 14.7 Å². The molecule has 0 fully saturated rings. The van der Waals surface area contributed by atoms with Crippen LogP contribution in [0.25, 0.3) is 17.0 Å². The molecule has 0 saturated carbocycles. The molecule has 3 N–H and O–H groups in total. The number of aromatic nitrogens is 2. The summed E-state index contributed by atoms with van der Waals surface area (Å²) in [5, 5.41) is 21.7. The molecule has 1 aliphatic heterocycles. The van der Waals surface area contributed by atoms with E-state index >= 15 is 0 Å². The SMILES string of the molecule is C[C@@H](c1ccc(C(=O)NCCC(=O)O)cc1)n1nc(-c2cc(Cl)cc(Cl)c2)cc1C1=CC2C=CC(Cl)=CC2N1. The summed E-state index contributed by atoms with van der Waals surface area (Å²) in [7, 11) is 0. The monoisotopic (exact) mass is 582 g/mol. The number of carbonyl (C=O) groups excluding carboxylic acids is 1. The van der Waals surface area contributed by atoms with Gasteiger partial charge in [0.05, 0.1) is 35.6 Å². The minimum atomic E-state index is -0.963. The number of nitrogens with zero attached hydrogens (tertiary/aromatic N) is 2. The van der Waals surface area contributed by atoms with Crippen LogP contribution in [0.4, 0.5) is 0 Å². The maximum absolute atomic E-state index is 12.4. The van der Waals surface area contributed by atoms with Gasteiger partial charge in [0, 0.05) is 38.7 Å². The van der Waals surface area contributed by atoms with Crippen molar-refractivity contribution in [2.75, 3.05) is 6.54 Å². The molecule has 5 rings (SSSR count). The molecule has 7 nitrogen and oxygen atoms in total. The number of benzene rings is 2. The van der Waals surface area contributed by atoms with Gasteiger partial charge in [0.15, 0.2) is 0 Å². The third-order valence-electron chi connectivity index (χ3n) is 6.73. The lowest BCUT2D eigenvalue weighted by Crippen LogP contribution is -2.27. The molecule has 2 aliphatic rings. The van der Waals surface area contributed by atoms with Crippen molar-refractivity contribution in [1.82, 2.24) is 20.4 Å². The predicted octanol–water partition coefficient (Wildman–Crippen LogP) is 6.29. The standard InChI is InChI=1S/C29H25Cl3N4O3/c1-16(17-2-4-18(5-3-17)29(39)33-9-8-28(37)38)36-27(26-12-19-6-7-21(30)14-24(19)34-26)15-25(35-36)20-10-22(31)13-23(32)11-20/h2-7,10-16,19,24,34H,8-9H2,1H3,(H,33,39)(H,37,38)/t16-,19?,24?/m0/s1. The van der Waals surface area contributed by atoms with Crippen molar-refractivity contribution in [3.8, 4) is 11.3 Å². The quantitative estimate of drug-likeness (QED) is 0.290. The highest BCUT2D eigenvalue weighted by molar-refractivity contribution is 6.35. The molecular weight excluding hydrogens is 559 g/mol. The summed E-state index contributed by atoms with van der Waals surface area (Å²) >= 11 is 18.8. The summed E-state index contributed by atoms with van der Waals surface area (Å²) in [6.07, 6.45) is 8.02. The molecule has 1 aromatic heterocycles. The molecule has 39 heavy (non-hydrogen) atoms. The minimum absolute atomic E-state index is 0.0548. The second-order valence-corrected chi connectivity index (χ2v) is 10.8. The molecule has 2 heterocycles. The molecule has 2 aromatic carbocycles. The second kappa shape index (κ2) is 11.3. The highest BCUT2D eigenvalue weighted by Gasteiger charge is 2.29. The Kier molecular flexibility index (Phi) is 7.84. The Balaban J connectivity index is 1.47. The van der Waals surface area contributed by atoms with E-state index in [4.69, 9.17) is 45.0 Å². The Morgan fingerprint density at radius 3 is 2.49 bits per heavy atom. The summed E-state index contributed by atoms with van der Waals surface area (Å²) in [5.74, 6) is -1.11. The largest absolute Gasteiger partial charge is 0.481 e. The molecule has 200 valence electrons. The number of carboxylic acid groups (broad SMARTS) is 1. The third-order valence-corrected chi connectivity index (χ3v) is 7.42. The van der Waals surface area contributed by atoms with Crippen LogP contribution >= 0.6 is 34.8 Å². The summed E-state index contributed by atoms with van der Waals surface area (Å²) in [5.41, 5.74) is 4.73. The van der Waals surface area contributed by atoms with E-state index in [1.165, 1.54) is 0 Å². The van der Waals surface area contributed by atoms with Gasteiger partial charge in [-0.05, 0) is 67.1 Å². The fourth-order valence-electron chi connectivity index (χ4n) is 4.71. The van der Waals surface area contributed by atoms with Crippen molar-refractivity contribution >= 4 is 52.4 Å². The van der Waals surface area contributed by atoms with E-state index in [0.29, 0.717) is 20.6 Å². The summed E-state index contributed by atoms with van der Waals surface area (Å²) in [6, 6.07) is 14.4. The summed E-state index contributed by atoms with van der Waals surface area (Å²) < 4.78 is 1.94. The smallest absolute Gasteiger partial charge is 0.305 e. The Labute approximate surface area is 240 Å². The van der Waals surface area contributed by atoms with Crippen LogP contribution in [-0.4, -0.2) is 39.4 Å². The Morgan fingerprint density at radius 2 is 1.79 bits per heavy atom. The van der Waals surface area contributed by atoms with Crippen LogP contribution < -0.4 is 10.6 Å². The lowest BCUT2D eigenvalue weighted by atomic mass is 9.98. The van der Waals surface area contributed by atoms with Crippen molar-refractivity contribution in [1.29, 1.82) is 0 Å². The van der Waals surface area contributed by atoms with Gasteiger partial charge in [-0.25, -0.2) is 0 Å². The molecule has 0 radical (unpaired) electrons. The van der Waals surface area contributed by atoms with E-state index in [-0.39, 0.29) is 36.9 Å². The number of hydrogen-bond donors (Lipinski definition) is 3. The number of aliphatic carboxylic acids is 1. The number of allylic oxidation sites excluding steroid dienone is 2. The molecule has 0 saturated heterocycles. The fraction of sp³-hybridized carbons (Fsp3) is 0.207. The molecule has 1 amide bonds. The molecule has 3 atom stereocenters. The number of rotatable bonds is 8. The summed E-state index contributed by atoms with van der Waals surface area (Å²) in [6.45, 7) is 2.10. The Morgan fingerprint density at radius 1 is 1.08 bits per heavy atom. The first-order valence-electron chi connectivity index (χ1n) is 12.4.